The van der Waals surface area contributed by atoms with Crippen LogP contribution in [0.4, 0.5) is 0 Å². The van der Waals surface area contributed by atoms with Crippen molar-refractivity contribution in [1.29, 1.82) is 0 Å². The Hall–Kier alpha value is -0.210. The standard InChI is InChI=1S/C10H9Cl3O/c11-8(10(12)13)6-9(14)7-4-2-1-3-5-7/h1-5,9,14H,6H2. The summed E-state index contributed by atoms with van der Waals surface area (Å²) < 4.78 is 0.00153. The van der Waals surface area contributed by atoms with Crippen LogP contribution >= 0.6 is 34.8 Å². The molecule has 0 bridgehead atoms. The van der Waals surface area contributed by atoms with Gasteiger partial charge < -0.3 is 5.11 Å². The zero-order valence-electron chi connectivity index (χ0n) is 7.25. The highest BCUT2D eigenvalue weighted by molar-refractivity contribution is 6.59. The van der Waals surface area contributed by atoms with Gasteiger partial charge in [0.25, 0.3) is 0 Å². The third-order valence-electron chi connectivity index (χ3n) is 1.76. The molecule has 0 saturated carbocycles. The van der Waals surface area contributed by atoms with Gasteiger partial charge in [-0.15, -0.1) is 0 Å². The number of aliphatic hydroxyl groups is 1. The van der Waals surface area contributed by atoms with Gasteiger partial charge in [-0.25, -0.2) is 0 Å². The minimum Gasteiger partial charge on any atom is -0.388 e. The molecule has 0 aliphatic rings. The van der Waals surface area contributed by atoms with Crippen molar-refractivity contribution in [2.24, 2.45) is 0 Å². The predicted molar refractivity (Wildman–Crippen MR) is 60.6 cm³/mol. The number of aliphatic hydroxyl groups excluding tert-OH is 1. The fraction of sp³-hybridized carbons (Fsp3) is 0.200. The molecular weight excluding hydrogens is 242 g/mol. The van der Waals surface area contributed by atoms with Crippen LogP contribution in [0, 0.1) is 0 Å². The van der Waals surface area contributed by atoms with Crippen LogP contribution in [0.5, 0.6) is 0 Å². The van der Waals surface area contributed by atoms with Crippen LogP contribution < -0.4 is 0 Å². The highest BCUT2D eigenvalue weighted by Crippen LogP contribution is 2.28. The molecule has 1 nitrogen and oxygen atoms in total. The maximum Gasteiger partial charge on any atom is 0.121 e. The normalized spacial score (nSPS) is 12.3. The molecule has 76 valence electrons. The first-order valence-corrected chi connectivity index (χ1v) is 5.17. The fourth-order valence-corrected chi connectivity index (χ4v) is 1.34. The Kier molecular flexibility index (Phi) is 4.76. The van der Waals surface area contributed by atoms with Gasteiger partial charge in [0, 0.05) is 6.42 Å². The van der Waals surface area contributed by atoms with Gasteiger partial charge in [-0.05, 0) is 5.56 Å². The summed E-state index contributed by atoms with van der Waals surface area (Å²) in [6, 6.07) is 9.20. The molecule has 1 atom stereocenters. The molecule has 1 aromatic carbocycles. The van der Waals surface area contributed by atoms with Crippen molar-refractivity contribution >= 4 is 34.8 Å². The molecule has 0 aliphatic carbocycles. The molecule has 1 aromatic rings. The molecule has 0 spiro atoms. The average molecular weight is 252 g/mol. The van der Waals surface area contributed by atoms with Crippen LogP contribution in [-0.4, -0.2) is 5.11 Å². The number of hydrogen-bond donors (Lipinski definition) is 1. The van der Waals surface area contributed by atoms with E-state index < -0.39 is 6.10 Å². The highest BCUT2D eigenvalue weighted by Gasteiger charge is 2.10. The highest BCUT2D eigenvalue weighted by atomic mass is 35.5. The fourth-order valence-electron chi connectivity index (χ4n) is 1.04. The molecule has 1 unspecified atom stereocenters. The van der Waals surface area contributed by atoms with E-state index in [4.69, 9.17) is 34.8 Å². The summed E-state index contributed by atoms with van der Waals surface area (Å²) in [6.07, 6.45) is -0.440. The van der Waals surface area contributed by atoms with Crippen LogP contribution in [0.2, 0.25) is 0 Å². The number of halogens is 3. The van der Waals surface area contributed by atoms with Crippen molar-refractivity contribution < 1.29 is 5.11 Å². The van der Waals surface area contributed by atoms with E-state index in [-0.39, 0.29) is 15.9 Å². The van der Waals surface area contributed by atoms with Gasteiger partial charge in [0.1, 0.15) is 4.49 Å². The first-order valence-electron chi connectivity index (χ1n) is 4.04. The number of rotatable bonds is 3. The Morgan fingerprint density at radius 1 is 1.14 bits per heavy atom. The maximum absolute atomic E-state index is 9.70. The lowest BCUT2D eigenvalue weighted by atomic mass is 10.1. The van der Waals surface area contributed by atoms with Crippen molar-refractivity contribution in [2.45, 2.75) is 12.5 Å². The van der Waals surface area contributed by atoms with Gasteiger partial charge in [0.2, 0.25) is 0 Å². The van der Waals surface area contributed by atoms with Gasteiger partial charge in [-0.2, -0.15) is 0 Å². The first kappa shape index (κ1) is 11.9. The zero-order valence-corrected chi connectivity index (χ0v) is 9.52. The van der Waals surface area contributed by atoms with Crippen LogP contribution in [0.25, 0.3) is 0 Å². The van der Waals surface area contributed by atoms with Crippen LogP contribution in [0.3, 0.4) is 0 Å². The Labute approximate surface area is 97.9 Å². The predicted octanol–water partition coefficient (Wildman–Crippen LogP) is 4.00. The van der Waals surface area contributed by atoms with Gasteiger partial charge in [-0.1, -0.05) is 65.1 Å². The quantitative estimate of drug-likeness (QED) is 0.861. The summed E-state index contributed by atoms with van der Waals surface area (Å²) in [5.41, 5.74) is 0.792. The summed E-state index contributed by atoms with van der Waals surface area (Å²) in [7, 11) is 0. The minimum absolute atomic E-state index is 0.00153. The maximum atomic E-state index is 9.70. The zero-order chi connectivity index (χ0) is 10.6. The third kappa shape index (κ3) is 3.50. The molecule has 14 heavy (non-hydrogen) atoms. The molecule has 0 amide bonds. The van der Waals surface area contributed by atoms with Gasteiger partial charge in [-0.3, -0.25) is 0 Å². The molecular formula is C10H9Cl3O. The van der Waals surface area contributed by atoms with Crippen LogP contribution in [0.1, 0.15) is 18.1 Å². The summed E-state index contributed by atoms with van der Waals surface area (Å²) >= 11 is 16.6. The van der Waals surface area contributed by atoms with Crippen LogP contribution in [0.15, 0.2) is 39.9 Å². The van der Waals surface area contributed by atoms with Crippen molar-refractivity contribution in [3.05, 3.63) is 45.4 Å². The molecule has 4 heteroatoms. The lowest BCUT2D eigenvalue weighted by Crippen LogP contribution is -1.96. The monoisotopic (exact) mass is 250 g/mol. The van der Waals surface area contributed by atoms with E-state index in [0.29, 0.717) is 0 Å². The van der Waals surface area contributed by atoms with Gasteiger partial charge in [0.15, 0.2) is 0 Å². The largest absolute Gasteiger partial charge is 0.388 e. The summed E-state index contributed by atoms with van der Waals surface area (Å²) in [5, 5.41) is 9.97. The first-order chi connectivity index (χ1) is 6.61. The smallest absolute Gasteiger partial charge is 0.121 e. The molecule has 0 fully saturated rings. The number of hydrogen-bond acceptors (Lipinski definition) is 1. The topological polar surface area (TPSA) is 20.2 Å². The molecule has 1 rings (SSSR count). The van der Waals surface area contributed by atoms with Crippen molar-refractivity contribution in [3.8, 4) is 0 Å². The molecule has 0 radical (unpaired) electrons. The Morgan fingerprint density at radius 3 is 2.21 bits per heavy atom. The Balaban J connectivity index is 2.69. The second-order valence-electron chi connectivity index (χ2n) is 2.80. The van der Waals surface area contributed by atoms with Crippen molar-refractivity contribution in [1.82, 2.24) is 0 Å². The van der Waals surface area contributed by atoms with E-state index in [1.54, 1.807) is 0 Å². The second-order valence-corrected chi connectivity index (χ2v) is 4.20. The SMILES string of the molecule is OC(CC(Cl)=C(Cl)Cl)c1ccccc1. The van der Waals surface area contributed by atoms with E-state index in [1.807, 2.05) is 30.3 Å². The minimum atomic E-state index is -0.670. The molecule has 0 saturated heterocycles. The molecule has 0 heterocycles. The molecule has 0 aromatic heterocycles. The van der Waals surface area contributed by atoms with E-state index in [9.17, 15) is 5.11 Å². The van der Waals surface area contributed by atoms with Gasteiger partial charge >= 0.3 is 0 Å². The van der Waals surface area contributed by atoms with Crippen molar-refractivity contribution in [3.63, 3.8) is 0 Å². The lowest BCUT2D eigenvalue weighted by molar-refractivity contribution is 0.180. The molecule has 1 N–H and O–H groups in total. The summed E-state index contributed by atoms with van der Waals surface area (Å²) in [5.74, 6) is 0. The second kappa shape index (κ2) is 5.62. The van der Waals surface area contributed by atoms with E-state index in [2.05, 4.69) is 0 Å². The van der Waals surface area contributed by atoms with E-state index in [1.165, 1.54) is 0 Å². The molecule has 0 aliphatic heterocycles. The Morgan fingerprint density at radius 2 is 1.71 bits per heavy atom. The van der Waals surface area contributed by atoms with Crippen molar-refractivity contribution in [2.75, 3.05) is 0 Å². The van der Waals surface area contributed by atoms with Gasteiger partial charge in [0.05, 0.1) is 11.1 Å². The average Bonchev–Trinajstić information content (AvgIpc) is 2.19. The summed E-state index contributed by atoms with van der Waals surface area (Å²) in [4.78, 5) is 0. The van der Waals surface area contributed by atoms with E-state index >= 15 is 0 Å². The van der Waals surface area contributed by atoms with E-state index in [0.717, 1.165) is 5.56 Å². The summed E-state index contributed by atoms with van der Waals surface area (Å²) in [6.45, 7) is 0. The van der Waals surface area contributed by atoms with Crippen LogP contribution in [-0.2, 0) is 0 Å². The third-order valence-corrected chi connectivity index (χ3v) is 2.75. The Bertz CT molecular complexity index is 317. The lowest BCUT2D eigenvalue weighted by Gasteiger charge is -2.09. The number of benzene rings is 1.